The molecule has 30 heavy (non-hydrogen) atoms. The van der Waals surface area contributed by atoms with Gasteiger partial charge in [-0.3, -0.25) is 9.48 Å². The van der Waals surface area contributed by atoms with Crippen LogP contribution in [-0.4, -0.2) is 28.3 Å². The third-order valence-electron chi connectivity index (χ3n) is 4.73. The number of anilines is 1. The van der Waals surface area contributed by atoms with Gasteiger partial charge in [0.25, 0.3) is 5.91 Å². The predicted octanol–water partition coefficient (Wildman–Crippen LogP) is 3.26. The second-order valence-electron chi connectivity index (χ2n) is 6.88. The minimum atomic E-state index is -0.642. The summed E-state index contributed by atoms with van der Waals surface area (Å²) >= 11 is 5.84. The van der Waals surface area contributed by atoms with Gasteiger partial charge in [-0.1, -0.05) is 41.9 Å². The van der Waals surface area contributed by atoms with E-state index in [2.05, 4.69) is 10.4 Å². The molecule has 0 atom stereocenters. The number of rotatable bonds is 7. The van der Waals surface area contributed by atoms with Crippen LogP contribution >= 0.6 is 11.6 Å². The molecule has 0 spiro atoms. The molecule has 1 amide bonds. The van der Waals surface area contributed by atoms with Crippen LogP contribution in [0.3, 0.4) is 0 Å². The van der Waals surface area contributed by atoms with Crippen LogP contribution in [0.2, 0.25) is 5.02 Å². The van der Waals surface area contributed by atoms with Crippen molar-refractivity contribution < 1.29 is 14.3 Å². The Hall–Kier alpha value is -3.32. The molecule has 0 unspecified atom stereocenters. The molecule has 3 N–H and O–H groups in total. The normalized spacial score (nSPS) is 10.6. The number of amides is 1. The van der Waals surface area contributed by atoms with Gasteiger partial charge in [0.15, 0.2) is 6.61 Å². The smallest absolute Gasteiger partial charge is 0.338 e. The third-order valence-corrected chi connectivity index (χ3v) is 5.08. The van der Waals surface area contributed by atoms with Gasteiger partial charge in [-0.05, 0) is 37.6 Å². The average molecular weight is 427 g/mol. The number of nitrogens with two attached hydrogens (primary N) is 1. The van der Waals surface area contributed by atoms with E-state index in [9.17, 15) is 9.59 Å². The molecule has 1 aromatic heterocycles. The zero-order valence-corrected chi connectivity index (χ0v) is 17.6. The standard InChI is InChI=1S/C22H23ClN4O3/c1-14-18(15(2)27(26-14)12-16-6-4-3-5-7-16)11-25-21(28)13-30-22(29)17-8-9-19(23)20(24)10-17/h3-10H,11-13,24H2,1-2H3,(H,25,28). The fourth-order valence-electron chi connectivity index (χ4n) is 3.02. The Balaban J connectivity index is 1.54. The molecular weight excluding hydrogens is 404 g/mol. The van der Waals surface area contributed by atoms with Crippen molar-refractivity contribution in [2.24, 2.45) is 0 Å². The van der Waals surface area contributed by atoms with Crippen LogP contribution in [0.5, 0.6) is 0 Å². The van der Waals surface area contributed by atoms with E-state index < -0.39 is 18.5 Å². The Morgan fingerprint density at radius 1 is 1.17 bits per heavy atom. The summed E-state index contributed by atoms with van der Waals surface area (Å²) in [5, 5.41) is 7.69. The highest BCUT2D eigenvalue weighted by molar-refractivity contribution is 6.33. The molecule has 0 aliphatic rings. The molecule has 0 aliphatic carbocycles. The molecule has 3 rings (SSSR count). The third kappa shape index (κ3) is 5.18. The maximum Gasteiger partial charge on any atom is 0.338 e. The van der Waals surface area contributed by atoms with Gasteiger partial charge in [-0.15, -0.1) is 0 Å². The quantitative estimate of drug-likeness (QED) is 0.446. The monoisotopic (exact) mass is 426 g/mol. The summed E-state index contributed by atoms with van der Waals surface area (Å²) in [5.74, 6) is -1.04. The predicted molar refractivity (Wildman–Crippen MR) is 115 cm³/mol. The second kappa shape index (κ2) is 9.45. The lowest BCUT2D eigenvalue weighted by Crippen LogP contribution is -2.28. The van der Waals surface area contributed by atoms with Crippen LogP contribution in [0.1, 0.15) is 32.9 Å². The first-order chi connectivity index (χ1) is 14.3. The second-order valence-corrected chi connectivity index (χ2v) is 7.29. The zero-order chi connectivity index (χ0) is 21.7. The van der Waals surface area contributed by atoms with Crippen LogP contribution < -0.4 is 11.1 Å². The number of nitrogens with one attached hydrogen (secondary N) is 1. The van der Waals surface area contributed by atoms with E-state index in [4.69, 9.17) is 22.1 Å². The van der Waals surface area contributed by atoms with Gasteiger partial charge in [-0.25, -0.2) is 4.79 Å². The number of halogens is 1. The van der Waals surface area contributed by atoms with Gasteiger partial charge in [0.2, 0.25) is 0 Å². The number of nitrogen functional groups attached to an aromatic ring is 1. The van der Waals surface area contributed by atoms with Crippen molar-refractivity contribution in [2.45, 2.75) is 26.9 Å². The molecule has 2 aromatic carbocycles. The molecule has 0 bridgehead atoms. The van der Waals surface area contributed by atoms with Crippen LogP contribution in [0.15, 0.2) is 48.5 Å². The highest BCUT2D eigenvalue weighted by Gasteiger charge is 2.15. The summed E-state index contributed by atoms with van der Waals surface area (Å²) in [5.41, 5.74) is 10.1. The summed E-state index contributed by atoms with van der Waals surface area (Å²) in [6.45, 7) is 4.44. The van der Waals surface area contributed by atoms with Crippen molar-refractivity contribution in [1.29, 1.82) is 0 Å². The highest BCUT2D eigenvalue weighted by Crippen LogP contribution is 2.20. The first-order valence-electron chi connectivity index (χ1n) is 9.41. The number of carbonyl (C=O) groups excluding carboxylic acids is 2. The first kappa shape index (κ1) is 21.4. The van der Waals surface area contributed by atoms with E-state index in [-0.39, 0.29) is 11.3 Å². The largest absolute Gasteiger partial charge is 0.452 e. The van der Waals surface area contributed by atoms with Crippen molar-refractivity contribution >= 4 is 29.2 Å². The Morgan fingerprint density at radius 3 is 2.60 bits per heavy atom. The molecule has 8 heteroatoms. The van der Waals surface area contributed by atoms with Crippen LogP contribution in [0.4, 0.5) is 5.69 Å². The van der Waals surface area contributed by atoms with E-state index in [1.807, 2.05) is 48.9 Å². The molecular formula is C22H23ClN4O3. The van der Waals surface area contributed by atoms with Gasteiger partial charge in [0.05, 0.1) is 28.5 Å². The lowest BCUT2D eigenvalue weighted by Gasteiger charge is -2.08. The van der Waals surface area contributed by atoms with E-state index in [1.54, 1.807) is 0 Å². The molecule has 0 saturated heterocycles. The maximum absolute atomic E-state index is 12.1. The minimum absolute atomic E-state index is 0.235. The van der Waals surface area contributed by atoms with E-state index in [0.717, 1.165) is 22.5 Å². The average Bonchev–Trinajstić information content (AvgIpc) is 3.00. The van der Waals surface area contributed by atoms with Crippen LogP contribution in [-0.2, 0) is 22.6 Å². The number of esters is 1. The van der Waals surface area contributed by atoms with Gasteiger partial charge >= 0.3 is 5.97 Å². The highest BCUT2D eigenvalue weighted by atomic mass is 35.5. The SMILES string of the molecule is Cc1nn(Cc2ccccc2)c(C)c1CNC(=O)COC(=O)c1ccc(Cl)c(N)c1. The van der Waals surface area contributed by atoms with Crippen molar-refractivity contribution in [3.8, 4) is 0 Å². The maximum atomic E-state index is 12.1. The summed E-state index contributed by atoms with van der Waals surface area (Å²) in [6, 6.07) is 14.4. The summed E-state index contributed by atoms with van der Waals surface area (Å²) in [4.78, 5) is 24.2. The van der Waals surface area contributed by atoms with E-state index in [1.165, 1.54) is 18.2 Å². The summed E-state index contributed by atoms with van der Waals surface area (Å²) in [7, 11) is 0. The van der Waals surface area contributed by atoms with Gasteiger partial charge < -0.3 is 15.8 Å². The fraction of sp³-hybridized carbons (Fsp3) is 0.227. The number of hydrogen-bond donors (Lipinski definition) is 2. The van der Waals surface area contributed by atoms with Crippen molar-refractivity contribution in [3.63, 3.8) is 0 Å². The lowest BCUT2D eigenvalue weighted by molar-refractivity contribution is -0.124. The van der Waals surface area contributed by atoms with E-state index in [0.29, 0.717) is 18.1 Å². The van der Waals surface area contributed by atoms with Gasteiger partial charge in [0, 0.05) is 17.8 Å². The summed E-state index contributed by atoms with van der Waals surface area (Å²) in [6.07, 6.45) is 0. The van der Waals surface area contributed by atoms with Gasteiger partial charge in [0.1, 0.15) is 0 Å². The number of aryl methyl sites for hydroxylation is 1. The fourth-order valence-corrected chi connectivity index (χ4v) is 3.14. The summed E-state index contributed by atoms with van der Waals surface area (Å²) < 4.78 is 6.96. The number of ether oxygens (including phenoxy) is 1. The van der Waals surface area contributed by atoms with Crippen molar-refractivity contribution in [3.05, 3.63) is 81.6 Å². The first-order valence-corrected chi connectivity index (χ1v) is 9.78. The van der Waals surface area contributed by atoms with Crippen molar-refractivity contribution in [1.82, 2.24) is 15.1 Å². The number of nitrogens with zero attached hydrogens (tertiary/aromatic N) is 2. The molecule has 0 saturated carbocycles. The molecule has 0 fully saturated rings. The number of hydrogen-bond acceptors (Lipinski definition) is 5. The Bertz CT molecular complexity index is 1060. The Kier molecular flexibility index (Phi) is 6.74. The molecule has 7 nitrogen and oxygen atoms in total. The zero-order valence-electron chi connectivity index (χ0n) is 16.8. The minimum Gasteiger partial charge on any atom is -0.452 e. The molecule has 0 radical (unpaired) electrons. The topological polar surface area (TPSA) is 99.2 Å². The molecule has 0 aliphatic heterocycles. The molecule has 3 aromatic rings. The van der Waals surface area contributed by atoms with Gasteiger partial charge in [-0.2, -0.15) is 5.10 Å². The number of benzene rings is 2. The molecule has 156 valence electrons. The Labute approximate surface area is 179 Å². The van der Waals surface area contributed by atoms with Crippen LogP contribution in [0.25, 0.3) is 0 Å². The van der Waals surface area contributed by atoms with E-state index >= 15 is 0 Å². The number of carbonyl (C=O) groups is 2. The molecule has 1 heterocycles. The van der Waals surface area contributed by atoms with Crippen LogP contribution in [0, 0.1) is 13.8 Å². The number of aromatic nitrogens is 2. The lowest BCUT2D eigenvalue weighted by atomic mass is 10.2. The van der Waals surface area contributed by atoms with Crippen molar-refractivity contribution in [2.75, 3.05) is 12.3 Å². The Morgan fingerprint density at radius 2 is 1.90 bits per heavy atom.